The topological polar surface area (TPSA) is 45.4 Å². The van der Waals surface area contributed by atoms with Crippen molar-refractivity contribution < 1.29 is 0 Å². The summed E-state index contributed by atoms with van der Waals surface area (Å²) in [4.78, 5) is 9.36. The standard InChI is InChI=1S/C20H28N4.2ClH/c1-17-14-20(7-9-22-17)24-11-3-10-23(12-13-24)16-19-5-2-4-18(15-19)6-8-21;;/h2,4-5,7,9,14-15H,3,6,8,10-13,16,21H2,1H3;2*1H. The molecule has 0 amide bonds. The molecule has 1 fully saturated rings. The minimum atomic E-state index is 0. The third-order valence-corrected chi connectivity index (χ3v) is 4.66. The highest BCUT2D eigenvalue weighted by Crippen LogP contribution is 2.18. The molecule has 1 aromatic carbocycles. The van der Waals surface area contributed by atoms with Gasteiger partial charge in [0.15, 0.2) is 0 Å². The Balaban J connectivity index is 0.00000169. The fourth-order valence-corrected chi connectivity index (χ4v) is 3.42. The van der Waals surface area contributed by atoms with Gasteiger partial charge in [-0.3, -0.25) is 9.88 Å². The van der Waals surface area contributed by atoms with Gasteiger partial charge in [0, 0.05) is 50.3 Å². The van der Waals surface area contributed by atoms with Crippen LogP contribution in [0.5, 0.6) is 0 Å². The first-order valence-corrected chi connectivity index (χ1v) is 8.92. The molecule has 3 rings (SSSR count). The van der Waals surface area contributed by atoms with Crippen LogP contribution in [0.2, 0.25) is 0 Å². The van der Waals surface area contributed by atoms with Crippen LogP contribution in [0, 0.1) is 6.92 Å². The van der Waals surface area contributed by atoms with Crippen molar-refractivity contribution in [3.63, 3.8) is 0 Å². The van der Waals surface area contributed by atoms with Crippen LogP contribution in [0.3, 0.4) is 0 Å². The van der Waals surface area contributed by atoms with Gasteiger partial charge in [0.05, 0.1) is 0 Å². The summed E-state index contributed by atoms with van der Waals surface area (Å²) in [7, 11) is 0. The van der Waals surface area contributed by atoms with Crippen LogP contribution in [0.25, 0.3) is 0 Å². The van der Waals surface area contributed by atoms with Crippen molar-refractivity contribution in [1.82, 2.24) is 9.88 Å². The van der Waals surface area contributed by atoms with Crippen molar-refractivity contribution in [3.05, 3.63) is 59.4 Å². The quantitative estimate of drug-likeness (QED) is 0.840. The molecule has 0 radical (unpaired) electrons. The summed E-state index contributed by atoms with van der Waals surface area (Å²) < 4.78 is 0. The number of rotatable bonds is 5. The lowest BCUT2D eigenvalue weighted by molar-refractivity contribution is 0.285. The number of nitrogens with zero attached hydrogens (tertiary/aromatic N) is 3. The first-order chi connectivity index (χ1) is 11.7. The molecule has 2 N–H and O–H groups in total. The Labute approximate surface area is 169 Å². The van der Waals surface area contributed by atoms with Crippen molar-refractivity contribution in [2.75, 3.05) is 37.6 Å². The number of aryl methyl sites for hydroxylation is 1. The van der Waals surface area contributed by atoms with Crippen LogP contribution in [0.4, 0.5) is 5.69 Å². The van der Waals surface area contributed by atoms with Crippen molar-refractivity contribution in [2.45, 2.75) is 26.3 Å². The highest BCUT2D eigenvalue weighted by Gasteiger charge is 2.15. The molecule has 0 spiro atoms. The van der Waals surface area contributed by atoms with Crippen molar-refractivity contribution in [1.29, 1.82) is 0 Å². The molecule has 2 heterocycles. The number of nitrogens with two attached hydrogens (primary N) is 1. The van der Waals surface area contributed by atoms with Gasteiger partial charge in [-0.05, 0) is 49.6 Å². The average Bonchev–Trinajstić information content (AvgIpc) is 2.81. The van der Waals surface area contributed by atoms with E-state index >= 15 is 0 Å². The van der Waals surface area contributed by atoms with Crippen LogP contribution in [0.1, 0.15) is 23.2 Å². The minimum absolute atomic E-state index is 0. The highest BCUT2D eigenvalue weighted by atomic mass is 35.5. The van der Waals surface area contributed by atoms with Crippen molar-refractivity contribution in [3.8, 4) is 0 Å². The average molecular weight is 397 g/mol. The van der Waals surface area contributed by atoms with E-state index in [0.717, 1.165) is 44.8 Å². The van der Waals surface area contributed by atoms with Crippen LogP contribution in [0.15, 0.2) is 42.6 Å². The van der Waals surface area contributed by atoms with Gasteiger partial charge in [0.2, 0.25) is 0 Å². The number of anilines is 1. The van der Waals surface area contributed by atoms with Gasteiger partial charge in [-0.1, -0.05) is 24.3 Å². The monoisotopic (exact) mass is 396 g/mol. The van der Waals surface area contributed by atoms with E-state index in [-0.39, 0.29) is 24.8 Å². The lowest BCUT2D eigenvalue weighted by Gasteiger charge is -2.24. The fraction of sp³-hybridized carbons (Fsp3) is 0.450. The Morgan fingerprint density at radius 1 is 1.00 bits per heavy atom. The zero-order valence-electron chi connectivity index (χ0n) is 15.4. The maximum Gasteiger partial charge on any atom is 0.0400 e. The van der Waals surface area contributed by atoms with E-state index in [1.165, 1.54) is 23.2 Å². The van der Waals surface area contributed by atoms with Gasteiger partial charge < -0.3 is 10.6 Å². The first kappa shape index (κ1) is 22.7. The highest BCUT2D eigenvalue weighted by molar-refractivity contribution is 5.85. The van der Waals surface area contributed by atoms with Gasteiger partial charge in [-0.15, -0.1) is 24.8 Å². The molecule has 144 valence electrons. The first-order valence-electron chi connectivity index (χ1n) is 8.92. The van der Waals surface area contributed by atoms with Crippen molar-refractivity contribution >= 4 is 30.5 Å². The van der Waals surface area contributed by atoms with E-state index < -0.39 is 0 Å². The van der Waals surface area contributed by atoms with Crippen molar-refractivity contribution in [2.24, 2.45) is 5.73 Å². The van der Waals surface area contributed by atoms with E-state index in [0.29, 0.717) is 6.54 Å². The molecule has 1 aromatic heterocycles. The Hall–Kier alpha value is -1.33. The number of benzene rings is 1. The molecule has 6 heteroatoms. The zero-order chi connectivity index (χ0) is 16.8. The third-order valence-electron chi connectivity index (χ3n) is 4.66. The lowest BCUT2D eigenvalue weighted by Crippen LogP contribution is -2.30. The number of pyridine rings is 1. The van der Waals surface area contributed by atoms with E-state index in [1.54, 1.807) is 0 Å². The van der Waals surface area contributed by atoms with Gasteiger partial charge in [0.25, 0.3) is 0 Å². The second-order valence-electron chi connectivity index (χ2n) is 6.63. The molecule has 1 aliphatic rings. The predicted octanol–water partition coefficient (Wildman–Crippen LogP) is 3.45. The maximum atomic E-state index is 5.68. The zero-order valence-corrected chi connectivity index (χ0v) is 17.1. The smallest absolute Gasteiger partial charge is 0.0400 e. The number of hydrogen-bond donors (Lipinski definition) is 1. The van der Waals surface area contributed by atoms with E-state index in [1.807, 2.05) is 6.20 Å². The molecule has 0 saturated carbocycles. The maximum absolute atomic E-state index is 5.68. The molecule has 0 unspecified atom stereocenters. The fourth-order valence-electron chi connectivity index (χ4n) is 3.42. The summed E-state index contributed by atoms with van der Waals surface area (Å²) in [6.45, 7) is 8.25. The van der Waals surface area contributed by atoms with Crippen LogP contribution >= 0.6 is 24.8 Å². The summed E-state index contributed by atoms with van der Waals surface area (Å²) in [5, 5.41) is 0. The van der Waals surface area contributed by atoms with Gasteiger partial charge in [0.1, 0.15) is 0 Å². The third kappa shape index (κ3) is 6.44. The molecule has 0 aliphatic carbocycles. The number of hydrogen-bond acceptors (Lipinski definition) is 4. The Bertz CT molecular complexity index is 666. The van der Waals surface area contributed by atoms with E-state index in [9.17, 15) is 0 Å². The molecule has 0 atom stereocenters. The summed E-state index contributed by atoms with van der Waals surface area (Å²) in [5.74, 6) is 0. The molecule has 0 bridgehead atoms. The number of halogens is 2. The normalized spacial score (nSPS) is 14.9. The second kappa shape index (κ2) is 11.4. The van der Waals surface area contributed by atoms with Crippen LogP contribution in [-0.2, 0) is 13.0 Å². The Morgan fingerprint density at radius 2 is 1.81 bits per heavy atom. The largest absolute Gasteiger partial charge is 0.370 e. The van der Waals surface area contributed by atoms with Gasteiger partial charge in [-0.25, -0.2) is 0 Å². The minimum Gasteiger partial charge on any atom is -0.370 e. The summed E-state index contributed by atoms with van der Waals surface area (Å²) in [5.41, 5.74) is 10.8. The molecule has 1 aliphatic heterocycles. The van der Waals surface area contributed by atoms with Crippen LogP contribution in [-0.4, -0.2) is 42.6 Å². The number of aromatic nitrogens is 1. The molecule has 2 aromatic rings. The summed E-state index contributed by atoms with van der Waals surface area (Å²) in [6, 6.07) is 13.2. The van der Waals surface area contributed by atoms with Gasteiger partial charge in [-0.2, -0.15) is 0 Å². The summed E-state index contributed by atoms with van der Waals surface area (Å²) >= 11 is 0. The predicted molar refractivity (Wildman–Crippen MR) is 115 cm³/mol. The SMILES string of the molecule is Cc1cc(N2CCCN(Cc3cccc(CCN)c3)CC2)ccn1.Cl.Cl. The Morgan fingerprint density at radius 3 is 2.58 bits per heavy atom. The molecular formula is C20H30Cl2N4. The molecular weight excluding hydrogens is 367 g/mol. The van der Waals surface area contributed by atoms with Crippen LogP contribution < -0.4 is 10.6 Å². The molecule has 4 nitrogen and oxygen atoms in total. The summed E-state index contributed by atoms with van der Waals surface area (Å²) in [6.07, 6.45) is 4.07. The lowest BCUT2D eigenvalue weighted by atomic mass is 10.1. The molecule has 26 heavy (non-hydrogen) atoms. The van der Waals surface area contributed by atoms with Gasteiger partial charge >= 0.3 is 0 Å². The molecule has 1 saturated heterocycles. The van der Waals surface area contributed by atoms with E-state index in [4.69, 9.17) is 5.73 Å². The van der Waals surface area contributed by atoms with E-state index in [2.05, 4.69) is 58.1 Å². The Kier molecular flexibility index (Phi) is 9.96. The second-order valence-corrected chi connectivity index (χ2v) is 6.63.